The number of aromatic nitrogens is 3. The fourth-order valence-corrected chi connectivity index (χ4v) is 4.46. The quantitative estimate of drug-likeness (QED) is 0.823. The van der Waals surface area contributed by atoms with Crippen molar-refractivity contribution in [2.24, 2.45) is 11.7 Å². The third kappa shape index (κ3) is 4.01. The zero-order valence-corrected chi connectivity index (χ0v) is 17.1. The summed E-state index contributed by atoms with van der Waals surface area (Å²) in [7, 11) is 0. The molecular formula is C20H25ClFN5O2. The molecule has 1 aromatic carbocycles. The average Bonchev–Trinajstić information content (AvgIpc) is 3.11. The average molecular weight is 422 g/mol. The van der Waals surface area contributed by atoms with E-state index in [1.54, 1.807) is 13.0 Å². The molecule has 2 N–H and O–H groups in total. The van der Waals surface area contributed by atoms with Crippen LogP contribution in [0.3, 0.4) is 0 Å². The van der Waals surface area contributed by atoms with Gasteiger partial charge in [0.1, 0.15) is 5.82 Å². The van der Waals surface area contributed by atoms with Crippen LogP contribution in [0.5, 0.6) is 0 Å². The molecule has 2 saturated heterocycles. The van der Waals surface area contributed by atoms with Crippen LogP contribution in [0.25, 0.3) is 5.69 Å². The topological polar surface area (TPSA) is 86.3 Å². The lowest BCUT2D eigenvalue weighted by Crippen LogP contribution is -2.49. The summed E-state index contributed by atoms with van der Waals surface area (Å²) in [6.07, 6.45) is 3.84. The first-order chi connectivity index (χ1) is 14.0. The van der Waals surface area contributed by atoms with Crippen LogP contribution in [0.2, 0.25) is 5.02 Å². The Labute approximate surface area is 173 Å². The number of hydrogen-bond donors (Lipinski definition) is 1. The van der Waals surface area contributed by atoms with Crippen molar-refractivity contribution in [1.29, 1.82) is 0 Å². The van der Waals surface area contributed by atoms with Gasteiger partial charge in [-0.2, -0.15) is 0 Å². The number of carbonyl (C=O) groups is 1. The van der Waals surface area contributed by atoms with E-state index in [1.165, 1.54) is 16.8 Å². The molecule has 7 nitrogen and oxygen atoms in total. The minimum absolute atomic E-state index is 0.00418. The highest BCUT2D eigenvalue weighted by molar-refractivity contribution is 6.30. The molecule has 0 saturated carbocycles. The molecule has 2 aliphatic rings. The number of piperidine rings is 1. The monoisotopic (exact) mass is 421 g/mol. The number of benzene rings is 1. The SMILES string of the molecule is Cc1c(C(=O)N2CCC(C3OCCCC3N)CC2)nnn1-c1ccc(F)c(Cl)c1. The van der Waals surface area contributed by atoms with Crippen molar-refractivity contribution in [1.82, 2.24) is 19.9 Å². The van der Waals surface area contributed by atoms with E-state index in [0.29, 0.717) is 36.1 Å². The van der Waals surface area contributed by atoms with E-state index in [1.807, 2.05) is 4.90 Å². The van der Waals surface area contributed by atoms with Crippen LogP contribution in [0, 0.1) is 18.7 Å². The molecule has 9 heteroatoms. The van der Waals surface area contributed by atoms with Gasteiger partial charge in [-0.15, -0.1) is 5.10 Å². The third-order valence-electron chi connectivity index (χ3n) is 5.95. The minimum Gasteiger partial charge on any atom is -0.376 e. The molecular weight excluding hydrogens is 397 g/mol. The molecule has 0 radical (unpaired) electrons. The zero-order chi connectivity index (χ0) is 20.5. The lowest BCUT2D eigenvalue weighted by atomic mass is 9.85. The second-order valence-corrected chi connectivity index (χ2v) is 8.21. The Morgan fingerprint density at radius 2 is 2.07 bits per heavy atom. The Morgan fingerprint density at radius 3 is 2.76 bits per heavy atom. The first-order valence-electron chi connectivity index (χ1n) is 10.00. The van der Waals surface area contributed by atoms with Crippen molar-refractivity contribution in [3.05, 3.63) is 40.4 Å². The number of carbonyl (C=O) groups excluding carboxylic acids is 1. The van der Waals surface area contributed by atoms with Gasteiger partial charge in [0.05, 0.1) is 22.5 Å². The van der Waals surface area contributed by atoms with Gasteiger partial charge in [-0.05, 0) is 56.7 Å². The molecule has 3 heterocycles. The first kappa shape index (κ1) is 20.3. The van der Waals surface area contributed by atoms with E-state index in [4.69, 9.17) is 22.1 Å². The number of nitrogens with zero attached hydrogens (tertiary/aromatic N) is 4. The highest BCUT2D eigenvalue weighted by Crippen LogP contribution is 2.29. The van der Waals surface area contributed by atoms with Crippen molar-refractivity contribution >= 4 is 17.5 Å². The van der Waals surface area contributed by atoms with Crippen molar-refractivity contribution in [2.45, 2.75) is 44.8 Å². The highest BCUT2D eigenvalue weighted by Gasteiger charge is 2.35. The van der Waals surface area contributed by atoms with E-state index >= 15 is 0 Å². The lowest BCUT2D eigenvalue weighted by Gasteiger charge is -2.39. The van der Waals surface area contributed by atoms with Crippen LogP contribution >= 0.6 is 11.6 Å². The fraction of sp³-hybridized carbons (Fsp3) is 0.550. The molecule has 1 amide bonds. The van der Waals surface area contributed by atoms with Crippen LogP contribution in [-0.2, 0) is 4.74 Å². The van der Waals surface area contributed by atoms with E-state index in [0.717, 1.165) is 32.3 Å². The zero-order valence-electron chi connectivity index (χ0n) is 16.4. The molecule has 29 heavy (non-hydrogen) atoms. The van der Waals surface area contributed by atoms with Crippen LogP contribution in [0.15, 0.2) is 18.2 Å². The van der Waals surface area contributed by atoms with Gasteiger partial charge in [0.2, 0.25) is 0 Å². The maximum Gasteiger partial charge on any atom is 0.276 e. The summed E-state index contributed by atoms with van der Waals surface area (Å²) >= 11 is 5.86. The van der Waals surface area contributed by atoms with Gasteiger partial charge in [0.25, 0.3) is 5.91 Å². The van der Waals surface area contributed by atoms with Crippen LogP contribution in [0.1, 0.15) is 41.9 Å². The number of ether oxygens (including phenoxy) is 1. The fourth-order valence-electron chi connectivity index (χ4n) is 4.28. The van der Waals surface area contributed by atoms with E-state index in [2.05, 4.69) is 10.3 Å². The summed E-state index contributed by atoms with van der Waals surface area (Å²) in [5, 5.41) is 8.15. The molecule has 1 aromatic heterocycles. The molecule has 2 aliphatic heterocycles. The Kier molecular flexibility index (Phi) is 5.85. The van der Waals surface area contributed by atoms with Gasteiger partial charge in [-0.3, -0.25) is 4.79 Å². The molecule has 2 atom stereocenters. The van der Waals surface area contributed by atoms with E-state index in [-0.39, 0.29) is 23.1 Å². The molecule has 156 valence electrons. The Balaban J connectivity index is 1.44. The summed E-state index contributed by atoms with van der Waals surface area (Å²) in [6.45, 7) is 3.83. The van der Waals surface area contributed by atoms with Gasteiger partial charge >= 0.3 is 0 Å². The second kappa shape index (κ2) is 8.38. The number of rotatable bonds is 3. The van der Waals surface area contributed by atoms with Crippen molar-refractivity contribution < 1.29 is 13.9 Å². The van der Waals surface area contributed by atoms with Crippen LogP contribution in [0.4, 0.5) is 4.39 Å². The molecule has 0 bridgehead atoms. The summed E-state index contributed by atoms with van der Waals surface area (Å²) in [6, 6.07) is 4.37. The predicted molar refractivity (Wildman–Crippen MR) is 107 cm³/mol. The number of likely N-dealkylation sites (tertiary alicyclic amines) is 1. The summed E-state index contributed by atoms with van der Waals surface area (Å²) in [5.74, 6) is -0.268. The standard InChI is InChI=1S/C20H25ClFN5O2/c1-12-18(24-25-27(12)14-4-5-16(22)15(21)11-14)20(28)26-8-6-13(7-9-26)19-17(23)3-2-10-29-19/h4-5,11,13,17,19H,2-3,6-10,23H2,1H3. The van der Waals surface area contributed by atoms with Gasteiger partial charge in [0.15, 0.2) is 5.69 Å². The van der Waals surface area contributed by atoms with E-state index < -0.39 is 5.82 Å². The summed E-state index contributed by atoms with van der Waals surface area (Å²) in [4.78, 5) is 14.8. The lowest BCUT2D eigenvalue weighted by molar-refractivity contribution is -0.0480. The predicted octanol–water partition coefficient (Wildman–Crippen LogP) is 2.73. The molecule has 2 aromatic rings. The maximum atomic E-state index is 13.4. The number of hydrogen-bond acceptors (Lipinski definition) is 5. The Hall–Kier alpha value is -2.03. The third-order valence-corrected chi connectivity index (χ3v) is 6.24. The van der Waals surface area contributed by atoms with Crippen molar-refractivity contribution in [3.8, 4) is 5.69 Å². The number of amides is 1. The summed E-state index contributed by atoms with van der Waals surface area (Å²) < 4.78 is 20.8. The molecule has 2 fully saturated rings. The Bertz CT molecular complexity index is 897. The Morgan fingerprint density at radius 1 is 1.31 bits per heavy atom. The van der Waals surface area contributed by atoms with Crippen molar-refractivity contribution in [3.63, 3.8) is 0 Å². The largest absolute Gasteiger partial charge is 0.376 e. The highest BCUT2D eigenvalue weighted by atomic mass is 35.5. The molecule has 2 unspecified atom stereocenters. The minimum atomic E-state index is -0.506. The van der Waals surface area contributed by atoms with Gasteiger partial charge in [0, 0.05) is 25.7 Å². The first-order valence-corrected chi connectivity index (χ1v) is 10.4. The molecule has 4 rings (SSSR count). The normalized spacial score (nSPS) is 23.4. The molecule has 0 spiro atoms. The van der Waals surface area contributed by atoms with Gasteiger partial charge in [-0.25, -0.2) is 9.07 Å². The molecule has 0 aliphatic carbocycles. The van der Waals surface area contributed by atoms with Crippen LogP contribution in [-0.4, -0.2) is 57.6 Å². The van der Waals surface area contributed by atoms with Gasteiger partial charge < -0.3 is 15.4 Å². The number of halogens is 2. The maximum absolute atomic E-state index is 13.4. The summed E-state index contributed by atoms with van der Waals surface area (Å²) in [5.41, 5.74) is 7.69. The number of nitrogens with two attached hydrogens (primary N) is 1. The van der Waals surface area contributed by atoms with E-state index in [9.17, 15) is 9.18 Å². The smallest absolute Gasteiger partial charge is 0.276 e. The van der Waals surface area contributed by atoms with Gasteiger partial charge in [-0.1, -0.05) is 16.8 Å². The van der Waals surface area contributed by atoms with Crippen LogP contribution < -0.4 is 5.73 Å². The van der Waals surface area contributed by atoms with Crippen molar-refractivity contribution in [2.75, 3.05) is 19.7 Å². The second-order valence-electron chi connectivity index (χ2n) is 7.80.